The summed E-state index contributed by atoms with van der Waals surface area (Å²) in [5, 5.41) is 9.21. The second-order valence-corrected chi connectivity index (χ2v) is 7.56. The molecule has 0 aliphatic carbocycles. The number of rotatable bonds is 6. The molecule has 6 nitrogen and oxygen atoms in total. The maximum atomic E-state index is 5.53. The van der Waals surface area contributed by atoms with Gasteiger partial charge in [-0.2, -0.15) is 10.2 Å². The van der Waals surface area contributed by atoms with Crippen LogP contribution < -0.4 is 0 Å². The molecule has 3 aromatic rings. The quantitative estimate of drug-likeness (QED) is 0.670. The number of hydrogen-bond acceptors (Lipinski definition) is 4. The van der Waals surface area contributed by atoms with Gasteiger partial charge in [-0.05, 0) is 38.7 Å². The molecule has 6 heteroatoms. The zero-order chi connectivity index (χ0) is 18.8. The minimum Gasteiger partial charge on any atom is -0.381 e. The molecule has 0 radical (unpaired) electrons. The van der Waals surface area contributed by atoms with Crippen LogP contribution in [0, 0.1) is 12.8 Å². The highest BCUT2D eigenvalue weighted by molar-refractivity contribution is 5.55. The van der Waals surface area contributed by atoms with Crippen molar-refractivity contribution in [3.8, 4) is 11.4 Å². The molecule has 2 aromatic heterocycles. The first-order valence-corrected chi connectivity index (χ1v) is 9.69. The molecule has 3 heterocycles. The van der Waals surface area contributed by atoms with Crippen molar-refractivity contribution in [2.24, 2.45) is 13.0 Å². The average molecular weight is 365 g/mol. The predicted molar refractivity (Wildman–Crippen MR) is 104 cm³/mol. The number of nitrogens with zero attached hydrogens (tertiary/aromatic N) is 5. The normalized spacial score (nSPS) is 18.1. The minimum absolute atomic E-state index is 0.0968. The molecule has 0 spiro atoms. The fourth-order valence-electron chi connectivity index (χ4n) is 3.68. The molecule has 4 rings (SSSR count). The van der Waals surface area contributed by atoms with Crippen LogP contribution in [0.25, 0.3) is 11.4 Å². The van der Waals surface area contributed by atoms with Crippen molar-refractivity contribution >= 4 is 0 Å². The first-order chi connectivity index (χ1) is 13.1. The minimum atomic E-state index is 0.0968. The van der Waals surface area contributed by atoms with E-state index in [4.69, 9.17) is 14.8 Å². The van der Waals surface area contributed by atoms with Gasteiger partial charge < -0.3 is 4.74 Å². The highest BCUT2D eigenvalue weighted by atomic mass is 16.5. The Labute approximate surface area is 160 Å². The molecule has 2 unspecified atom stereocenters. The topological polar surface area (TPSA) is 57.8 Å². The van der Waals surface area contributed by atoms with Crippen LogP contribution in [0.5, 0.6) is 0 Å². The van der Waals surface area contributed by atoms with Gasteiger partial charge in [0.05, 0.1) is 12.2 Å². The molecule has 1 saturated heterocycles. The van der Waals surface area contributed by atoms with E-state index in [2.05, 4.69) is 47.9 Å². The van der Waals surface area contributed by atoms with Gasteiger partial charge in [0, 0.05) is 44.0 Å². The Morgan fingerprint density at radius 1 is 1.33 bits per heavy atom. The molecule has 1 fully saturated rings. The third-order valence-corrected chi connectivity index (χ3v) is 5.35. The van der Waals surface area contributed by atoms with Gasteiger partial charge >= 0.3 is 0 Å². The first kappa shape index (κ1) is 17.9. The van der Waals surface area contributed by atoms with Crippen LogP contribution in [-0.4, -0.2) is 37.8 Å². The van der Waals surface area contributed by atoms with Crippen LogP contribution in [0.3, 0.4) is 0 Å². The lowest BCUT2D eigenvalue weighted by molar-refractivity contribution is 0.184. The van der Waals surface area contributed by atoms with Gasteiger partial charge in [-0.1, -0.05) is 23.8 Å². The highest BCUT2D eigenvalue weighted by Gasteiger charge is 2.21. The van der Waals surface area contributed by atoms with E-state index >= 15 is 0 Å². The predicted octanol–water partition coefficient (Wildman–Crippen LogP) is 3.57. The molecule has 0 saturated carbocycles. The number of ether oxygens (including phenoxy) is 1. The largest absolute Gasteiger partial charge is 0.381 e. The molecular weight excluding hydrogens is 338 g/mol. The van der Waals surface area contributed by atoms with Gasteiger partial charge in [0.2, 0.25) is 0 Å². The van der Waals surface area contributed by atoms with Gasteiger partial charge in [0.25, 0.3) is 0 Å². The third-order valence-electron chi connectivity index (χ3n) is 5.35. The molecule has 0 N–H and O–H groups in total. The number of benzene rings is 1. The monoisotopic (exact) mass is 365 g/mol. The van der Waals surface area contributed by atoms with Gasteiger partial charge in [-0.25, -0.2) is 9.67 Å². The molecule has 1 aliphatic rings. The Morgan fingerprint density at radius 3 is 2.93 bits per heavy atom. The zero-order valence-electron chi connectivity index (χ0n) is 16.3. The summed E-state index contributed by atoms with van der Waals surface area (Å²) in [5.41, 5.74) is 3.43. The van der Waals surface area contributed by atoms with E-state index in [9.17, 15) is 0 Å². The average Bonchev–Trinajstić information content (AvgIpc) is 3.40. The van der Waals surface area contributed by atoms with E-state index in [1.165, 1.54) is 5.56 Å². The highest BCUT2D eigenvalue weighted by Crippen LogP contribution is 2.25. The van der Waals surface area contributed by atoms with E-state index in [0.29, 0.717) is 5.92 Å². The lowest BCUT2D eigenvalue weighted by atomic mass is 10.0. The lowest BCUT2D eigenvalue weighted by Crippen LogP contribution is -2.13. The number of aromatic nitrogens is 5. The summed E-state index contributed by atoms with van der Waals surface area (Å²) < 4.78 is 9.44. The van der Waals surface area contributed by atoms with Gasteiger partial charge in [0.15, 0.2) is 5.82 Å². The van der Waals surface area contributed by atoms with Crippen LogP contribution in [0.4, 0.5) is 0 Å². The van der Waals surface area contributed by atoms with Crippen LogP contribution >= 0.6 is 0 Å². The maximum absolute atomic E-state index is 5.53. The molecular formula is C21H27N5O. The van der Waals surface area contributed by atoms with Gasteiger partial charge in [-0.3, -0.25) is 4.68 Å². The number of hydrogen-bond donors (Lipinski definition) is 0. The van der Waals surface area contributed by atoms with E-state index in [1.54, 1.807) is 0 Å². The molecule has 142 valence electrons. The van der Waals surface area contributed by atoms with Crippen molar-refractivity contribution in [2.45, 2.75) is 39.2 Å². The molecule has 1 aliphatic heterocycles. The Morgan fingerprint density at radius 2 is 2.22 bits per heavy atom. The fourth-order valence-corrected chi connectivity index (χ4v) is 3.68. The third kappa shape index (κ3) is 3.95. The zero-order valence-corrected chi connectivity index (χ0v) is 16.3. The molecule has 1 aromatic carbocycles. The van der Waals surface area contributed by atoms with E-state index in [-0.39, 0.29) is 6.04 Å². The first-order valence-electron chi connectivity index (χ1n) is 9.69. The van der Waals surface area contributed by atoms with Crippen LogP contribution in [0.2, 0.25) is 0 Å². The summed E-state index contributed by atoms with van der Waals surface area (Å²) in [6.07, 6.45) is 7.11. The fraction of sp³-hybridized carbons (Fsp3) is 0.476. The van der Waals surface area contributed by atoms with Crippen LogP contribution in [-0.2, 0) is 18.2 Å². The molecule has 0 amide bonds. The SMILES string of the molecule is Cc1cccc(-c2nc(CCC3CCOC3)n(C(C)c3cnn(C)c3)n2)c1. The molecule has 2 atom stereocenters. The lowest BCUT2D eigenvalue weighted by Gasteiger charge is -2.14. The van der Waals surface area contributed by atoms with Gasteiger partial charge in [0.1, 0.15) is 5.82 Å². The second-order valence-electron chi connectivity index (χ2n) is 7.56. The summed E-state index contributed by atoms with van der Waals surface area (Å²) in [7, 11) is 1.94. The van der Waals surface area contributed by atoms with E-state index < -0.39 is 0 Å². The summed E-state index contributed by atoms with van der Waals surface area (Å²) in [6, 6.07) is 8.48. The van der Waals surface area contributed by atoms with E-state index in [1.807, 2.05) is 24.1 Å². The maximum Gasteiger partial charge on any atom is 0.181 e. The van der Waals surface area contributed by atoms with Crippen LogP contribution in [0.15, 0.2) is 36.7 Å². The van der Waals surface area contributed by atoms with Crippen molar-refractivity contribution in [3.05, 3.63) is 53.6 Å². The Balaban J connectivity index is 1.65. The number of aryl methyl sites for hydroxylation is 3. The summed E-state index contributed by atoms with van der Waals surface area (Å²) in [4.78, 5) is 4.92. The van der Waals surface area contributed by atoms with Crippen molar-refractivity contribution in [2.75, 3.05) is 13.2 Å². The summed E-state index contributed by atoms with van der Waals surface area (Å²) >= 11 is 0. The Kier molecular flexibility index (Phi) is 5.07. The standard InChI is InChI=1S/C21H27N5O/c1-15-5-4-6-18(11-15)21-23-20(8-7-17-9-10-27-14-17)26(24-21)16(2)19-12-22-25(3)13-19/h4-6,11-13,16-17H,7-10,14H2,1-3H3. The van der Waals surface area contributed by atoms with Crippen molar-refractivity contribution in [3.63, 3.8) is 0 Å². The Hall–Kier alpha value is -2.47. The van der Waals surface area contributed by atoms with Crippen LogP contribution in [0.1, 0.15) is 42.8 Å². The summed E-state index contributed by atoms with van der Waals surface area (Å²) in [5.74, 6) is 2.47. The van der Waals surface area contributed by atoms with Crippen molar-refractivity contribution in [1.29, 1.82) is 0 Å². The van der Waals surface area contributed by atoms with Crippen molar-refractivity contribution < 1.29 is 4.74 Å². The molecule has 0 bridgehead atoms. The Bertz CT molecular complexity index is 907. The second kappa shape index (κ2) is 7.64. The van der Waals surface area contributed by atoms with Gasteiger partial charge in [-0.15, -0.1) is 0 Å². The smallest absolute Gasteiger partial charge is 0.181 e. The van der Waals surface area contributed by atoms with Crippen molar-refractivity contribution in [1.82, 2.24) is 24.5 Å². The molecule has 27 heavy (non-hydrogen) atoms. The summed E-state index contributed by atoms with van der Waals surface area (Å²) in [6.45, 7) is 6.02. The van der Waals surface area contributed by atoms with E-state index in [0.717, 1.165) is 55.3 Å².